The van der Waals surface area contributed by atoms with Gasteiger partial charge in [-0.2, -0.15) is 13.1 Å². The van der Waals surface area contributed by atoms with Gasteiger partial charge in [-0.05, 0) is 23.8 Å². The fraction of sp³-hybridized carbons (Fsp3) is 0.211. The average molecular weight is 403 g/mol. The molecule has 1 heterocycles. The Kier molecular flexibility index (Phi) is 5.74. The van der Waals surface area contributed by atoms with Gasteiger partial charge < -0.3 is 14.5 Å². The average Bonchev–Trinajstić information content (AvgIpc) is 3.10. The van der Waals surface area contributed by atoms with Crippen molar-refractivity contribution < 1.29 is 22.9 Å². The smallest absolute Gasteiger partial charge is 0.356 e. The minimum Gasteiger partial charge on any atom is -0.493 e. The number of hydrogen-bond donors (Lipinski definition) is 4. The Morgan fingerprint density at radius 1 is 1.14 bits per heavy atom. The van der Waals surface area contributed by atoms with Crippen LogP contribution in [-0.4, -0.2) is 40.1 Å². The predicted molar refractivity (Wildman–Crippen MR) is 107 cm³/mol. The van der Waals surface area contributed by atoms with Gasteiger partial charge in [0.2, 0.25) is 0 Å². The molecule has 148 valence electrons. The van der Waals surface area contributed by atoms with Crippen LogP contribution in [0.5, 0.6) is 11.5 Å². The number of aromatic nitrogens is 1. The van der Waals surface area contributed by atoms with Crippen LogP contribution >= 0.6 is 0 Å². The highest BCUT2D eigenvalue weighted by Crippen LogP contribution is 2.29. The summed E-state index contributed by atoms with van der Waals surface area (Å²) in [5.41, 5.74) is 8.01. The maximum Gasteiger partial charge on any atom is 0.356 e. The first-order chi connectivity index (χ1) is 13.4. The van der Waals surface area contributed by atoms with Crippen molar-refractivity contribution in [3.05, 3.63) is 54.2 Å². The third-order valence-electron chi connectivity index (χ3n) is 4.29. The van der Waals surface area contributed by atoms with E-state index >= 15 is 0 Å². The zero-order chi connectivity index (χ0) is 20.1. The number of ether oxygens (including phenoxy) is 2. The van der Waals surface area contributed by atoms with Gasteiger partial charge in [0.25, 0.3) is 0 Å². The summed E-state index contributed by atoms with van der Waals surface area (Å²) in [6.07, 6.45) is 2.62. The molecule has 0 saturated carbocycles. The summed E-state index contributed by atoms with van der Waals surface area (Å²) in [5.74, 6) is 0.709. The number of nitrogens with two attached hydrogens (primary N) is 1. The third-order valence-corrected chi connectivity index (χ3v) is 5.66. The molecule has 9 heteroatoms. The second-order valence-electron chi connectivity index (χ2n) is 6.07. The highest BCUT2D eigenvalue weighted by atomic mass is 32.2. The molecule has 5 N–H and O–H groups in total. The van der Waals surface area contributed by atoms with E-state index in [1.54, 1.807) is 0 Å². The normalized spacial score (nSPS) is 12.1. The van der Waals surface area contributed by atoms with Gasteiger partial charge in [-0.3, -0.25) is 10.7 Å². The highest BCUT2D eigenvalue weighted by Gasteiger charge is 2.21. The molecule has 0 spiro atoms. The predicted octanol–water partition coefficient (Wildman–Crippen LogP) is 0.101. The van der Waals surface area contributed by atoms with E-state index in [0.717, 1.165) is 16.5 Å². The van der Waals surface area contributed by atoms with Crippen molar-refractivity contribution in [1.82, 2.24) is 9.71 Å². The molecule has 0 fully saturated rings. The fourth-order valence-electron chi connectivity index (χ4n) is 2.89. The number of para-hydroxylation sites is 1. The van der Waals surface area contributed by atoms with Crippen LogP contribution in [-0.2, 0) is 16.4 Å². The first kappa shape index (κ1) is 19.6. The zero-order valence-electron chi connectivity index (χ0n) is 15.7. The van der Waals surface area contributed by atoms with E-state index in [-0.39, 0.29) is 10.9 Å². The largest absolute Gasteiger partial charge is 0.493 e. The Morgan fingerprint density at radius 2 is 1.89 bits per heavy atom. The van der Waals surface area contributed by atoms with Gasteiger partial charge in [0.05, 0.1) is 20.8 Å². The summed E-state index contributed by atoms with van der Waals surface area (Å²) in [6.45, 7) is 0.474. The van der Waals surface area contributed by atoms with Crippen molar-refractivity contribution in [3.8, 4) is 11.5 Å². The lowest BCUT2D eigenvalue weighted by Crippen LogP contribution is -2.79. The van der Waals surface area contributed by atoms with Gasteiger partial charge in [0.15, 0.2) is 11.5 Å². The maximum absolute atomic E-state index is 12.5. The summed E-state index contributed by atoms with van der Waals surface area (Å²) >= 11 is 0. The summed E-state index contributed by atoms with van der Waals surface area (Å²) in [6, 6.07) is 12.3. The molecule has 28 heavy (non-hydrogen) atoms. The van der Waals surface area contributed by atoms with Crippen molar-refractivity contribution >= 4 is 26.9 Å². The zero-order valence-corrected chi connectivity index (χ0v) is 16.5. The molecule has 3 aromatic rings. The number of guanidine groups is 1. The number of aromatic amines is 1. The number of nitrogens with one attached hydrogen (secondary N) is 3. The van der Waals surface area contributed by atoms with Gasteiger partial charge in [0.1, 0.15) is 4.90 Å². The van der Waals surface area contributed by atoms with E-state index in [2.05, 4.69) is 14.7 Å². The SMILES string of the molecule is COc1ccc(S(=O)(=O)NC(N)=[NH+]CCc2c[nH]c3ccccc23)cc1OC. The molecule has 0 saturated heterocycles. The summed E-state index contributed by atoms with van der Waals surface area (Å²) in [7, 11) is -0.933. The molecule has 8 nitrogen and oxygen atoms in total. The van der Waals surface area contributed by atoms with Crippen molar-refractivity contribution in [2.75, 3.05) is 20.8 Å². The van der Waals surface area contributed by atoms with E-state index in [9.17, 15) is 8.42 Å². The molecule has 0 aliphatic carbocycles. The topological polar surface area (TPSA) is 120 Å². The van der Waals surface area contributed by atoms with Crippen LogP contribution in [0.1, 0.15) is 5.56 Å². The van der Waals surface area contributed by atoms with E-state index in [0.29, 0.717) is 24.5 Å². The van der Waals surface area contributed by atoms with E-state index < -0.39 is 10.0 Å². The van der Waals surface area contributed by atoms with Crippen LogP contribution in [0.15, 0.2) is 53.6 Å². The number of benzene rings is 2. The Hall–Kier alpha value is -3.20. The lowest BCUT2D eigenvalue weighted by atomic mass is 10.1. The minimum absolute atomic E-state index is 0.0199. The molecule has 2 aromatic carbocycles. The molecule has 0 radical (unpaired) electrons. The van der Waals surface area contributed by atoms with E-state index in [1.165, 1.54) is 32.4 Å². The van der Waals surface area contributed by atoms with Gasteiger partial charge in [0, 0.05) is 29.6 Å². The standard InChI is InChI=1S/C19H22N4O4S/c1-26-17-8-7-14(11-18(17)27-2)28(24,25)23-19(20)21-10-9-13-12-22-16-6-4-3-5-15(13)16/h3-8,11-12,22H,9-10H2,1-2H3,(H3,20,21,23)/p+1. The van der Waals surface area contributed by atoms with Crippen LogP contribution in [0, 0.1) is 0 Å². The number of fused-ring (bicyclic) bond motifs is 1. The molecule has 0 atom stereocenters. The molecule has 1 aromatic heterocycles. The van der Waals surface area contributed by atoms with Crippen molar-refractivity contribution in [3.63, 3.8) is 0 Å². The second-order valence-corrected chi connectivity index (χ2v) is 7.75. The molecule has 0 aliphatic heterocycles. The number of rotatable bonds is 7. The number of methoxy groups -OCH3 is 2. The van der Waals surface area contributed by atoms with Crippen molar-refractivity contribution in [2.45, 2.75) is 11.3 Å². The van der Waals surface area contributed by atoms with Crippen LogP contribution in [0.3, 0.4) is 0 Å². The molecule has 0 bridgehead atoms. The lowest BCUT2D eigenvalue weighted by Gasteiger charge is -2.09. The van der Waals surface area contributed by atoms with E-state index in [4.69, 9.17) is 15.2 Å². The first-order valence-corrected chi connectivity index (χ1v) is 10.1. The van der Waals surface area contributed by atoms with Gasteiger partial charge in [-0.25, -0.2) is 0 Å². The minimum atomic E-state index is -3.85. The molecule has 0 unspecified atom stereocenters. The Bertz CT molecular complexity index is 1110. The van der Waals surface area contributed by atoms with Crippen LogP contribution in [0.4, 0.5) is 0 Å². The maximum atomic E-state index is 12.5. The number of H-pyrrole nitrogens is 1. The summed E-state index contributed by atoms with van der Waals surface area (Å²) in [5, 5.41) is 1.13. The summed E-state index contributed by atoms with van der Waals surface area (Å²) in [4.78, 5) is 6.12. The second kappa shape index (κ2) is 8.22. The van der Waals surface area contributed by atoms with Crippen LogP contribution in [0.2, 0.25) is 0 Å². The lowest BCUT2D eigenvalue weighted by molar-refractivity contribution is -0.458. The first-order valence-electron chi connectivity index (χ1n) is 8.60. The van der Waals surface area contributed by atoms with Crippen LogP contribution in [0.25, 0.3) is 10.9 Å². The van der Waals surface area contributed by atoms with Gasteiger partial charge in [-0.15, -0.1) is 0 Å². The summed E-state index contributed by atoms with van der Waals surface area (Å²) < 4.78 is 37.6. The van der Waals surface area contributed by atoms with Gasteiger partial charge in [-0.1, -0.05) is 18.2 Å². The Balaban J connectivity index is 1.68. The van der Waals surface area contributed by atoms with Crippen LogP contribution < -0.4 is 24.9 Å². The van der Waals surface area contributed by atoms with Crippen molar-refractivity contribution in [1.29, 1.82) is 0 Å². The monoisotopic (exact) mass is 403 g/mol. The number of hydrogen-bond acceptors (Lipinski definition) is 4. The quantitative estimate of drug-likeness (QED) is 0.329. The molecule has 3 rings (SSSR count). The third kappa shape index (κ3) is 4.20. The number of sulfonamides is 1. The fourth-order valence-corrected chi connectivity index (χ4v) is 3.88. The molecular weight excluding hydrogens is 380 g/mol. The van der Waals surface area contributed by atoms with Gasteiger partial charge >= 0.3 is 16.0 Å². The Morgan fingerprint density at radius 3 is 2.64 bits per heavy atom. The molecule has 0 aliphatic rings. The molecular formula is C19H23N4O4S+. The Labute approximate surface area is 163 Å². The highest BCUT2D eigenvalue weighted by molar-refractivity contribution is 7.90. The van der Waals surface area contributed by atoms with E-state index in [1.807, 2.05) is 30.5 Å². The van der Waals surface area contributed by atoms with Crippen molar-refractivity contribution in [2.24, 2.45) is 5.73 Å². The molecule has 0 amide bonds.